The Kier molecular flexibility index (Phi) is 8.40. The number of likely N-dealkylation sites (tertiary alicyclic amines) is 1. The molecule has 9 heteroatoms. The molecule has 0 aliphatic carbocycles. The number of fused-ring (bicyclic) bond motifs is 1. The monoisotopic (exact) mass is 545 g/mol. The van der Waals surface area contributed by atoms with Crippen molar-refractivity contribution < 1.29 is 9.22 Å². The number of benzene rings is 2. The summed E-state index contributed by atoms with van der Waals surface area (Å²) >= 11 is 0. The molecule has 2 aromatic carbocycles. The number of rotatable bonds is 8. The quantitative estimate of drug-likeness (QED) is 0.414. The number of aromatic amines is 1. The lowest BCUT2D eigenvalue weighted by molar-refractivity contribution is -0.131. The molecular formula is C30H39N5O3Si. The highest BCUT2D eigenvalue weighted by Gasteiger charge is 2.41. The first-order chi connectivity index (χ1) is 18.4. The topological polar surface area (TPSA) is 102 Å². The van der Waals surface area contributed by atoms with Gasteiger partial charge >= 0.3 is 0 Å². The second-order valence-electron chi connectivity index (χ2n) is 12.1. The van der Waals surface area contributed by atoms with Crippen molar-refractivity contribution in [3.63, 3.8) is 0 Å². The lowest BCUT2D eigenvalue weighted by Crippen LogP contribution is -2.45. The number of aromatic nitrogens is 2. The van der Waals surface area contributed by atoms with Crippen LogP contribution in [0.25, 0.3) is 11.0 Å². The van der Waals surface area contributed by atoms with Crippen LogP contribution in [0, 0.1) is 11.3 Å². The maximum Gasteiger partial charge on any atom is 0.266 e. The number of carbonyl (C=O) groups excluding carboxylic acids is 1. The van der Waals surface area contributed by atoms with Gasteiger partial charge in [0, 0.05) is 26.7 Å². The Morgan fingerprint density at radius 2 is 2.05 bits per heavy atom. The van der Waals surface area contributed by atoms with Gasteiger partial charge in [0.05, 0.1) is 47.4 Å². The summed E-state index contributed by atoms with van der Waals surface area (Å²) in [5.41, 5.74) is 3.32. The van der Waals surface area contributed by atoms with Gasteiger partial charge in [0.25, 0.3) is 5.56 Å². The normalized spacial score (nSPS) is 17.2. The molecular weight excluding hydrogens is 506 g/mol. The van der Waals surface area contributed by atoms with E-state index in [-0.39, 0.29) is 35.1 Å². The number of nitriles is 1. The van der Waals surface area contributed by atoms with Crippen molar-refractivity contribution in [1.82, 2.24) is 19.8 Å². The zero-order valence-electron chi connectivity index (χ0n) is 23.8. The largest absolute Gasteiger partial charge is 0.413 e. The Bertz CT molecular complexity index is 1440. The Hall–Kier alpha value is -3.32. The fourth-order valence-corrected chi connectivity index (χ4v) is 6.22. The minimum absolute atomic E-state index is 0.0405. The Morgan fingerprint density at radius 1 is 1.28 bits per heavy atom. The first kappa shape index (κ1) is 28.7. The molecule has 1 aliphatic rings. The van der Waals surface area contributed by atoms with Crippen LogP contribution < -0.4 is 5.56 Å². The first-order valence-corrected chi connectivity index (χ1v) is 16.4. The first-order valence-electron chi connectivity index (χ1n) is 13.5. The van der Waals surface area contributed by atoms with Gasteiger partial charge in [-0.2, -0.15) is 5.26 Å². The summed E-state index contributed by atoms with van der Waals surface area (Å²) in [5.74, 6) is -0.0405. The highest BCUT2D eigenvalue weighted by Crippen LogP contribution is 2.38. The lowest BCUT2D eigenvalue weighted by Gasteiger charge is -2.38. The minimum Gasteiger partial charge on any atom is -0.413 e. The number of hydrogen-bond donors (Lipinski definition) is 1. The molecule has 4 rings (SSSR count). The molecule has 39 heavy (non-hydrogen) atoms. The third-order valence-electron chi connectivity index (χ3n) is 8.18. The number of nitrogens with zero attached hydrogens (tertiary/aromatic N) is 4. The van der Waals surface area contributed by atoms with Gasteiger partial charge in [-0.1, -0.05) is 39.0 Å². The molecule has 8 nitrogen and oxygen atoms in total. The predicted molar refractivity (Wildman–Crippen MR) is 156 cm³/mol. The molecule has 0 saturated carbocycles. The van der Waals surface area contributed by atoms with Gasteiger partial charge in [-0.3, -0.25) is 14.5 Å². The summed E-state index contributed by atoms with van der Waals surface area (Å²) in [7, 11) is -0.0463. The van der Waals surface area contributed by atoms with Crippen LogP contribution in [0.4, 0.5) is 0 Å². The molecule has 0 spiro atoms. The van der Waals surface area contributed by atoms with Gasteiger partial charge in [0.1, 0.15) is 0 Å². The lowest BCUT2D eigenvalue weighted by atomic mass is 10.0. The van der Waals surface area contributed by atoms with E-state index in [0.717, 1.165) is 30.6 Å². The van der Waals surface area contributed by atoms with Crippen LogP contribution in [0.15, 0.2) is 53.5 Å². The highest BCUT2D eigenvalue weighted by molar-refractivity contribution is 6.74. The Balaban J connectivity index is 1.52. The van der Waals surface area contributed by atoms with Crippen LogP contribution in [0.2, 0.25) is 18.1 Å². The number of H-pyrrole nitrogens is 1. The number of amides is 1. The average molecular weight is 546 g/mol. The van der Waals surface area contributed by atoms with Gasteiger partial charge in [-0.15, -0.1) is 0 Å². The molecule has 2 atom stereocenters. The predicted octanol–water partition coefficient (Wildman–Crippen LogP) is 4.63. The van der Waals surface area contributed by atoms with Crippen LogP contribution in [-0.2, 0) is 15.6 Å². The second kappa shape index (κ2) is 11.4. The fourth-order valence-electron chi connectivity index (χ4n) is 4.84. The summed E-state index contributed by atoms with van der Waals surface area (Å²) in [6.07, 6.45) is 2.60. The van der Waals surface area contributed by atoms with E-state index in [1.165, 1.54) is 6.20 Å². The molecule has 1 amide bonds. The summed E-state index contributed by atoms with van der Waals surface area (Å²) in [6.45, 7) is 13.7. The van der Waals surface area contributed by atoms with E-state index in [1.54, 1.807) is 11.0 Å². The number of carbonyl (C=O) groups is 1. The molecule has 3 aromatic rings. The molecule has 206 valence electrons. The van der Waals surface area contributed by atoms with Crippen LogP contribution in [0.1, 0.15) is 49.9 Å². The molecule has 0 bridgehead atoms. The van der Waals surface area contributed by atoms with Crippen LogP contribution in [-0.4, -0.2) is 66.8 Å². The van der Waals surface area contributed by atoms with Gasteiger partial charge in [-0.05, 0) is 59.9 Å². The van der Waals surface area contributed by atoms with Gasteiger partial charge in [-0.25, -0.2) is 4.98 Å². The Morgan fingerprint density at radius 3 is 2.77 bits per heavy atom. The molecule has 0 unspecified atom stereocenters. The van der Waals surface area contributed by atoms with Crippen molar-refractivity contribution in [2.24, 2.45) is 0 Å². The summed E-state index contributed by atoms with van der Waals surface area (Å²) in [5, 5.41) is 9.65. The zero-order valence-corrected chi connectivity index (χ0v) is 24.8. The summed E-state index contributed by atoms with van der Waals surface area (Å²) in [4.78, 5) is 36.3. The van der Waals surface area contributed by atoms with Gasteiger partial charge in [0.2, 0.25) is 5.91 Å². The number of nitrogens with one attached hydrogen (secondary N) is 1. The fraction of sp³-hybridized carbons (Fsp3) is 0.467. The van der Waals surface area contributed by atoms with E-state index in [0.29, 0.717) is 23.1 Å². The molecule has 1 aromatic heterocycles. The van der Waals surface area contributed by atoms with Crippen LogP contribution in [0.5, 0.6) is 0 Å². The molecule has 1 N–H and O–H groups in total. The summed E-state index contributed by atoms with van der Waals surface area (Å²) in [6, 6.07) is 15.0. The third-order valence-corrected chi connectivity index (χ3v) is 12.7. The van der Waals surface area contributed by atoms with Crippen molar-refractivity contribution in [3.05, 3.63) is 75.7 Å². The van der Waals surface area contributed by atoms with E-state index < -0.39 is 8.32 Å². The Labute approximate surface area is 231 Å². The van der Waals surface area contributed by atoms with E-state index in [4.69, 9.17) is 4.43 Å². The minimum atomic E-state index is -1.88. The number of likely N-dealkylation sites (N-methyl/N-ethyl adjacent to an activating group) is 1. The van der Waals surface area contributed by atoms with Crippen molar-refractivity contribution in [1.29, 1.82) is 5.26 Å². The average Bonchev–Trinajstić information content (AvgIpc) is 3.32. The second-order valence-corrected chi connectivity index (χ2v) is 16.8. The van der Waals surface area contributed by atoms with Crippen LogP contribution in [0.3, 0.4) is 0 Å². The van der Waals surface area contributed by atoms with E-state index in [9.17, 15) is 14.9 Å². The molecule has 2 heterocycles. The molecule has 1 aliphatic heterocycles. The highest BCUT2D eigenvalue weighted by atomic mass is 28.4. The van der Waals surface area contributed by atoms with Crippen molar-refractivity contribution in [3.8, 4) is 6.07 Å². The summed E-state index contributed by atoms with van der Waals surface area (Å²) < 4.78 is 6.69. The van der Waals surface area contributed by atoms with E-state index >= 15 is 0 Å². The van der Waals surface area contributed by atoms with Crippen molar-refractivity contribution >= 4 is 25.3 Å². The zero-order chi connectivity index (χ0) is 28.4. The third kappa shape index (κ3) is 6.82. The van der Waals surface area contributed by atoms with E-state index in [2.05, 4.69) is 54.8 Å². The smallest absolute Gasteiger partial charge is 0.266 e. The standard InChI is InChI=1S/C30H39N5O3Si/c1-30(2,3)39(5,6)38-24-12-13-35(19-24)20-27(23-9-7-8-22(14-23)17-31)34(4)29(37)16-21-10-11-25-26(15-21)33-28(36)18-32-25/h7-11,14-15,18,24,27H,12-13,16,19-20H2,1-6H3,(H,33,36)/t24-,27+/m0/s1. The SMILES string of the molecule is CN(C(=O)Cc1ccc2ncc(=O)[nH]c2c1)[C@H](CN1CC[C@H](O[Si](C)(C)C(C)(C)C)C1)c1cccc(C#N)c1. The maximum atomic E-state index is 13.6. The van der Waals surface area contributed by atoms with Crippen molar-refractivity contribution in [2.75, 3.05) is 26.7 Å². The van der Waals surface area contributed by atoms with Crippen LogP contribution >= 0.6 is 0 Å². The molecule has 1 fully saturated rings. The maximum absolute atomic E-state index is 13.6. The molecule has 0 radical (unpaired) electrons. The van der Waals surface area contributed by atoms with Gasteiger partial charge < -0.3 is 14.3 Å². The van der Waals surface area contributed by atoms with E-state index in [1.807, 2.05) is 43.4 Å². The number of hydrogen-bond acceptors (Lipinski definition) is 6. The van der Waals surface area contributed by atoms with Crippen molar-refractivity contribution in [2.45, 2.75) is 63.9 Å². The van der Waals surface area contributed by atoms with Gasteiger partial charge in [0.15, 0.2) is 8.32 Å². The molecule has 1 saturated heterocycles.